The van der Waals surface area contributed by atoms with Crippen molar-refractivity contribution in [2.45, 2.75) is 26.2 Å². The van der Waals surface area contributed by atoms with Gasteiger partial charge in [-0.15, -0.1) is 11.3 Å². The van der Waals surface area contributed by atoms with Gasteiger partial charge in [-0.3, -0.25) is 0 Å². The van der Waals surface area contributed by atoms with Crippen molar-refractivity contribution in [2.24, 2.45) is 0 Å². The topological polar surface area (TPSA) is 0 Å². The Morgan fingerprint density at radius 3 is 2.58 bits per heavy atom. The van der Waals surface area contributed by atoms with Gasteiger partial charge in [0.15, 0.2) is 0 Å². The molecule has 0 radical (unpaired) electrons. The van der Waals surface area contributed by atoms with Crippen molar-refractivity contribution in [1.29, 1.82) is 0 Å². The fraction of sp³-hybridized carbons (Fsp3) is 0.222. The van der Waals surface area contributed by atoms with Crippen molar-refractivity contribution in [3.05, 3.63) is 76.6 Å². The summed E-state index contributed by atoms with van der Waals surface area (Å²) in [7, 11) is 0. The zero-order chi connectivity index (χ0) is 13.7. The molecule has 0 aromatic carbocycles. The van der Waals surface area contributed by atoms with Crippen LogP contribution >= 0.6 is 11.3 Å². The Morgan fingerprint density at radius 2 is 2.00 bits per heavy atom. The highest BCUT2D eigenvalue weighted by atomic mass is 32.1. The van der Waals surface area contributed by atoms with Crippen LogP contribution in [-0.4, -0.2) is 0 Å². The van der Waals surface area contributed by atoms with Crippen molar-refractivity contribution in [3.8, 4) is 0 Å². The average molecular weight is 268 g/mol. The van der Waals surface area contributed by atoms with Crippen molar-refractivity contribution >= 4 is 16.9 Å². The number of allylic oxidation sites excluding steroid dienone is 8. The van der Waals surface area contributed by atoms with Crippen LogP contribution in [0.25, 0.3) is 5.57 Å². The monoisotopic (exact) mass is 268 g/mol. The summed E-state index contributed by atoms with van der Waals surface area (Å²) in [6, 6.07) is 4.14. The van der Waals surface area contributed by atoms with E-state index in [0.29, 0.717) is 0 Å². The van der Waals surface area contributed by atoms with Crippen LogP contribution in [0.15, 0.2) is 71.7 Å². The maximum absolute atomic E-state index is 4.16. The minimum absolute atomic E-state index is 1.05. The lowest BCUT2D eigenvalue weighted by molar-refractivity contribution is 0.867. The highest BCUT2D eigenvalue weighted by Crippen LogP contribution is 2.26. The molecule has 0 amide bonds. The van der Waals surface area contributed by atoms with E-state index in [-0.39, 0.29) is 0 Å². The molecule has 1 aliphatic carbocycles. The molecule has 0 atom stereocenters. The van der Waals surface area contributed by atoms with Crippen LogP contribution in [-0.2, 0) is 0 Å². The molecular formula is C18H20S. The maximum atomic E-state index is 4.16. The van der Waals surface area contributed by atoms with Crippen molar-refractivity contribution in [1.82, 2.24) is 0 Å². The number of hydrogen-bond donors (Lipinski definition) is 0. The smallest absolute Gasteiger partial charge is 0.0336 e. The van der Waals surface area contributed by atoms with E-state index < -0.39 is 0 Å². The predicted octanol–water partition coefficient (Wildman–Crippen LogP) is 5.93. The fourth-order valence-electron chi connectivity index (χ4n) is 2.09. The second-order valence-corrected chi connectivity index (χ2v) is 5.68. The van der Waals surface area contributed by atoms with Crippen LogP contribution in [0, 0.1) is 0 Å². The van der Waals surface area contributed by atoms with Gasteiger partial charge in [0.25, 0.3) is 0 Å². The zero-order valence-electron chi connectivity index (χ0n) is 11.5. The SMILES string of the molecule is C=C(/C=C\C(=C)c1cccs1)C1=CC=C(CC)CC1. The Kier molecular flexibility index (Phi) is 4.75. The number of rotatable bonds is 5. The summed E-state index contributed by atoms with van der Waals surface area (Å²) < 4.78 is 0. The molecule has 0 bridgehead atoms. The third-order valence-electron chi connectivity index (χ3n) is 3.43. The molecule has 1 heteroatoms. The molecule has 0 aliphatic heterocycles. The van der Waals surface area contributed by atoms with Gasteiger partial charge in [0.1, 0.15) is 0 Å². The van der Waals surface area contributed by atoms with E-state index in [2.05, 4.69) is 61.9 Å². The zero-order valence-corrected chi connectivity index (χ0v) is 12.3. The van der Waals surface area contributed by atoms with Gasteiger partial charge >= 0.3 is 0 Å². The van der Waals surface area contributed by atoms with Gasteiger partial charge in [0.2, 0.25) is 0 Å². The van der Waals surface area contributed by atoms with Gasteiger partial charge in [-0.1, -0.05) is 56.0 Å². The molecule has 0 spiro atoms. The average Bonchev–Trinajstić information content (AvgIpc) is 2.98. The van der Waals surface area contributed by atoms with Crippen LogP contribution in [0.2, 0.25) is 0 Å². The van der Waals surface area contributed by atoms with Crippen molar-refractivity contribution in [2.75, 3.05) is 0 Å². The first-order valence-electron chi connectivity index (χ1n) is 6.69. The van der Waals surface area contributed by atoms with Gasteiger partial charge in [-0.05, 0) is 47.4 Å². The van der Waals surface area contributed by atoms with E-state index in [9.17, 15) is 0 Å². The summed E-state index contributed by atoms with van der Waals surface area (Å²) in [5, 5.41) is 2.07. The molecule has 1 aromatic heterocycles. The molecule has 0 unspecified atom stereocenters. The third-order valence-corrected chi connectivity index (χ3v) is 4.37. The van der Waals surface area contributed by atoms with E-state index in [4.69, 9.17) is 0 Å². The quantitative estimate of drug-likeness (QED) is 0.580. The summed E-state index contributed by atoms with van der Waals surface area (Å²) in [4.78, 5) is 1.22. The molecule has 1 heterocycles. The molecule has 19 heavy (non-hydrogen) atoms. The second-order valence-electron chi connectivity index (χ2n) is 4.73. The van der Waals surface area contributed by atoms with E-state index in [1.165, 1.54) is 22.4 Å². The highest BCUT2D eigenvalue weighted by molar-refractivity contribution is 7.11. The summed E-state index contributed by atoms with van der Waals surface area (Å²) >= 11 is 1.72. The Labute approximate surface area is 120 Å². The van der Waals surface area contributed by atoms with Gasteiger partial charge in [-0.2, -0.15) is 0 Å². The molecule has 1 aliphatic rings. The summed E-state index contributed by atoms with van der Waals surface area (Å²) in [6.07, 6.45) is 12.0. The molecule has 1 aromatic rings. The largest absolute Gasteiger partial charge is 0.144 e. The van der Waals surface area contributed by atoms with Crippen LogP contribution in [0.5, 0.6) is 0 Å². The van der Waals surface area contributed by atoms with Crippen LogP contribution in [0.4, 0.5) is 0 Å². The molecule has 98 valence electrons. The Morgan fingerprint density at radius 1 is 1.21 bits per heavy atom. The minimum Gasteiger partial charge on any atom is -0.144 e. The van der Waals surface area contributed by atoms with Gasteiger partial charge < -0.3 is 0 Å². The number of thiophene rings is 1. The first-order valence-corrected chi connectivity index (χ1v) is 7.57. The second kappa shape index (κ2) is 6.53. The van der Waals surface area contributed by atoms with Crippen LogP contribution in [0.1, 0.15) is 31.1 Å². The molecule has 0 nitrogen and oxygen atoms in total. The first kappa shape index (κ1) is 13.8. The Balaban J connectivity index is 2.00. The molecule has 0 saturated heterocycles. The lowest BCUT2D eigenvalue weighted by Crippen LogP contribution is -1.94. The van der Waals surface area contributed by atoms with Crippen LogP contribution < -0.4 is 0 Å². The first-order chi connectivity index (χ1) is 9.20. The maximum Gasteiger partial charge on any atom is 0.0336 e. The Bertz CT molecular complexity index is 551. The minimum atomic E-state index is 1.05. The van der Waals surface area contributed by atoms with E-state index in [1.54, 1.807) is 11.3 Å². The van der Waals surface area contributed by atoms with Gasteiger partial charge in [0, 0.05) is 4.88 Å². The lowest BCUT2D eigenvalue weighted by atomic mass is 9.92. The highest BCUT2D eigenvalue weighted by Gasteiger charge is 2.06. The van der Waals surface area contributed by atoms with E-state index in [1.807, 2.05) is 0 Å². The summed E-state index contributed by atoms with van der Waals surface area (Å²) in [5.41, 5.74) is 5.03. The molecule has 0 saturated carbocycles. The van der Waals surface area contributed by atoms with Crippen LogP contribution in [0.3, 0.4) is 0 Å². The van der Waals surface area contributed by atoms with Crippen molar-refractivity contribution in [3.63, 3.8) is 0 Å². The predicted molar refractivity (Wildman–Crippen MR) is 87.3 cm³/mol. The summed E-state index contributed by atoms with van der Waals surface area (Å²) in [5.74, 6) is 0. The standard InChI is InChI=1S/C18H20S/c1-4-16-9-11-17(12-10-16)14(2)7-8-15(3)18-6-5-13-19-18/h5-9,11,13H,2-4,10,12H2,1H3/b8-7-. The molecule has 2 rings (SSSR count). The Hall–Kier alpha value is -1.60. The van der Waals surface area contributed by atoms with E-state index in [0.717, 1.165) is 24.0 Å². The number of hydrogen-bond acceptors (Lipinski definition) is 1. The lowest BCUT2D eigenvalue weighted by Gasteiger charge is -2.13. The molecular weight excluding hydrogens is 248 g/mol. The van der Waals surface area contributed by atoms with Crippen molar-refractivity contribution < 1.29 is 0 Å². The third kappa shape index (κ3) is 3.68. The van der Waals surface area contributed by atoms with E-state index >= 15 is 0 Å². The molecule has 0 N–H and O–H groups in total. The summed E-state index contributed by atoms with van der Waals surface area (Å²) in [6.45, 7) is 10.5. The fourth-order valence-corrected chi connectivity index (χ4v) is 2.77. The van der Waals surface area contributed by atoms with Gasteiger partial charge in [-0.25, -0.2) is 0 Å². The normalized spacial score (nSPS) is 15.2. The molecule has 0 fully saturated rings. The van der Waals surface area contributed by atoms with Gasteiger partial charge in [0.05, 0.1) is 0 Å².